The molecule has 0 heterocycles. The monoisotopic (exact) mass is 238 g/mol. The molecule has 17 heavy (non-hydrogen) atoms. The summed E-state index contributed by atoms with van der Waals surface area (Å²) >= 11 is 0. The van der Waals surface area contributed by atoms with Gasteiger partial charge in [-0.2, -0.15) is 0 Å². The zero-order valence-corrected chi connectivity index (χ0v) is 9.81. The quantitative estimate of drug-likeness (QED) is 0.772. The van der Waals surface area contributed by atoms with Gasteiger partial charge in [0.15, 0.2) is 5.78 Å². The molecule has 4 nitrogen and oxygen atoms in total. The van der Waals surface area contributed by atoms with Gasteiger partial charge in [-0.25, -0.2) is 4.39 Å². The van der Waals surface area contributed by atoms with Crippen LogP contribution in [-0.4, -0.2) is 36.2 Å². The predicted molar refractivity (Wildman–Crippen MR) is 62.0 cm³/mol. The van der Waals surface area contributed by atoms with Crippen molar-refractivity contribution in [1.82, 2.24) is 4.90 Å². The average Bonchev–Trinajstić information content (AvgIpc) is 2.27. The van der Waals surface area contributed by atoms with Crippen molar-refractivity contribution in [3.05, 3.63) is 35.6 Å². The summed E-state index contributed by atoms with van der Waals surface area (Å²) in [5.74, 6) is -1.06. The van der Waals surface area contributed by atoms with E-state index in [2.05, 4.69) is 0 Å². The number of benzene rings is 1. The number of nitrogens with two attached hydrogens (primary N) is 1. The first-order valence-electron chi connectivity index (χ1n) is 5.20. The molecule has 1 atom stereocenters. The molecule has 0 fully saturated rings. The molecule has 0 radical (unpaired) electrons. The van der Waals surface area contributed by atoms with E-state index in [0.29, 0.717) is 5.56 Å². The van der Waals surface area contributed by atoms with E-state index in [1.807, 2.05) is 0 Å². The predicted octanol–water partition coefficient (Wildman–Crippen LogP) is 0.814. The second-order valence-electron chi connectivity index (χ2n) is 3.93. The molecular formula is C12H15FN2O2. The molecule has 0 aliphatic carbocycles. The third-order valence-corrected chi connectivity index (χ3v) is 2.57. The van der Waals surface area contributed by atoms with Gasteiger partial charge in [-0.15, -0.1) is 0 Å². The number of carbonyl (C=O) groups is 2. The Labute approximate surface area is 99.2 Å². The molecule has 1 amide bonds. The molecule has 1 rings (SSSR count). The lowest BCUT2D eigenvalue weighted by atomic mass is 10.0. The lowest BCUT2D eigenvalue weighted by molar-refractivity contribution is -0.119. The average molecular weight is 238 g/mol. The minimum absolute atomic E-state index is 0.00804. The summed E-state index contributed by atoms with van der Waals surface area (Å²) in [7, 11) is 1.64. The fourth-order valence-corrected chi connectivity index (χ4v) is 1.44. The standard InChI is InChI=1S/C12H15FN2O2/c1-8(15(2)7-11(14)16)12(17)9-3-5-10(13)6-4-9/h3-6,8H,7H2,1-2H3,(H2,14,16). The van der Waals surface area contributed by atoms with Gasteiger partial charge in [0.2, 0.25) is 5.91 Å². The largest absolute Gasteiger partial charge is 0.369 e. The van der Waals surface area contributed by atoms with Crippen molar-refractivity contribution >= 4 is 11.7 Å². The SMILES string of the molecule is CC(C(=O)c1ccc(F)cc1)N(C)CC(N)=O. The number of amides is 1. The fraction of sp³-hybridized carbons (Fsp3) is 0.333. The van der Waals surface area contributed by atoms with E-state index in [-0.39, 0.29) is 18.1 Å². The minimum atomic E-state index is -0.494. The molecule has 0 aliphatic heterocycles. The Hall–Kier alpha value is -1.75. The summed E-state index contributed by atoms with van der Waals surface area (Å²) in [6.07, 6.45) is 0. The summed E-state index contributed by atoms with van der Waals surface area (Å²) in [5.41, 5.74) is 5.46. The number of ketones is 1. The second-order valence-corrected chi connectivity index (χ2v) is 3.93. The van der Waals surface area contributed by atoms with Crippen LogP contribution >= 0.6 is 0 Å². The molecular weight excluding hydrogens is 223 g/mol. The molecule has 1 aromatic rings. The van der Waals surface area contributed by atoms with Crippen molar-refractivity contribution in [1.29, 1.82) is 0 Å². The van der Waals surface area contributed by atoms with Crippen LogP contribution < -0.4 is 5.73 Å². The van der Waals surface area contributed by atoms with Crippen LogP contribution in [0.5, 0.6) is 0 Å². The van der Waals surface area contributed by atoms with Crippen LogP contribution in [0.25, 0.3) is 0 Å². The van der Waals surface area contributed by atoms with E-state index < -0.39 is 11.9 Å². The highest BCUT2D eigenvalue weighted by Crippen LogP contribution is 2.09. The number of hydrogen-bond donors (Lipinski definition) is 1. The number of likely N-dealkylation sites (N-methyl/N-ethyl adjacent to an activating group) is 1. The van der Waals surface area contributed by atoms with Crippen LogP contribution in [0.15, 0.2) is 24.3 Å². The highest BCUT2D eigenvalue weighted by Gasteiger charge is 2.20. The molecule has 0 saturated heterocycles. The molecule has 2 N–H and O–H groups in total. The van der Waals surface area contributed by atoms with Crippen LogP contribution in [0, 0.1) is 5.82 Å². The minimum Gasteiger partial charge on any atom is -0.369 e. The Morgan fingerprint density at radius 1 is 1.35 bits per heavy atom. The van der Waals surface area contributed by atoms with E-state index >= 15 is 0 Å². The second kappa shape index (κ2) is 5.54. The third kappa shape index (κ3) is 3.64. The fourth-order valence-electron chi connectivity index (χ4n) is 1.44. The maximum Gasteiger partial charge on any atom is 0.231 e. The summed E-state index contributed by atoms with van der Waals surface area (Å²) in [6.45, 7) is 1.68. The maximum absolute atomic E-state index is 12.7. The Balaban J connectivity index is 2.75. The van der Waals surface area contributed by atoms with Crippen LogP contribution in [0.4, 0.5) is 4.39 Å². The Morgan fingerprint density at radius 3 is 2.35 bits per heavy atom. The van der Waals surface area contributed by atoms with E-state index in [0.717, 1.165) is 0 Å². The van der Waals surface area contributed by atoms with Crippen molar-refractivity contribution in [2.75, 3.05) is 13.6 Å². The lowest BCUT2D eigenvalue weighted by Gasteiger charge is -2.21. The lowest BCUT2D eigenvalue weighted by Crippen LogP contribution is -2.41. The molecule has 5 heteroatoms. The van der Waals surface area contributed by atoms with E-state index in [1.165, 1.54) is 24.3 Å². The van der Waals surface area contributed by atoms with Crippen molar-refractivity contribution in [3.8, 4) is 0 Å². The third-order valence-electron chi connectivity index (χ3n) is 2.57. The normalized spacial score (nSPS) is 12.5. The summed E-state index contributed by atoms with van der Waals surface area (Å²) in [5, 5.41) is 0. The van der Waals surface area contributed by atoms with Gasteiger partial charge in [-0.05, 0) is 38.2 Å². The summed E-state index contributed by atoms with van der Waals surface area (Å²) in [4.78, 5) is 24.2. The van der Waals surface area contributed by atoms with E-state index in [4.69, 9.17) is 5.73 Å². The molecule has 1 aromatic carbocycles. The molecule has 1 unspecified atom stereocenters. The number of halogens is 1. The Kier molecular flexibility index (Phi) is 4.34. The first-order valence-corrected chi connectivity index (χ1v) is 5.20. The smallest absolute Gasteiger partial charge is 0.231 e. The van der Waals surface area contributed by atoms with Crippen molar-refractivity contribution in [3.63, 3.8) is 0 Å². The zero-order valence-electron chi connectivity index (χ0n) is 9.81. The van der Waals surface area contributed by atoms with Crippen molar-refractivity contribution < 1.29 is 14.0 Å². The zero-order chi connectivity index (χ0) is 13.0. The van der Waals surface area contributed by atoms with Crippen molar-refractivity contribution in [2.24, 2.45) is 5.73 Å². The maximum atomic E-state index is 12.7. The number of rotatable bonds is 5. The van der Waals surface area contributed by atoms with Gasteiger partial charge in [0.1, 0.15) is 5.82 Å². The Morgan fingerprint density at radius 2 is 1.88 bits per heavy atom. The van der Waals surface area contributed by atoms with Gasteiger partial charge < -0.3 is 5.73 Å². The first kappa shape index (κ1) is 13.3. The van der Waals surface area contributed by atoms with Crippen LogP contribution in [0.1, 0.15) is 17.3 Å². The summed E-state index contributed by atoms with van der Waals surface area (Å²) < 4.78 is 12.7. The van der Waals surface area contributed by atoms with Gasteiger partial charge in [0.05, 0.1) is 12.6 Å². The highest BCUT2D eigenvalue weighted by molar-refractivity contribution is 6.00. The molecule has 0 aromatic heterocycles. The number of nitrogens with zero attached hydrogens (tertiary/aromatic N) is 1. The molecule has 0 bridgehead atoms. The van der Waals surface area contributed by atoms with Crippen molar-refractivity contribution in [2.45, 2.75) is 13.0 Å². The molecule has 92 valence electrons. The van der Waals surface area contributed by atoms with Crippen LogP contribution in [0.2, 0.25) is 0 Å². The first-order chi connectivity index (χ1) is 7.91. The Bertz CT molecular complexity index is 417. The molecule has 0 spiro atoms. The van der Waals surface area contributed by atoms with E-state index in [1.54, 1.807) is 18.9 Å². The van der Waals surface area contributed by atoms with Gasteiger partial charge >= 0.3 is 0 Å². The highest BCUT2D eigenvalue weighted by atomic mass is 19.1. The van der Waals surface area contributed by atoms with Gasteiger partial charge in [0.25, 0.3) is 0 Å². The summed E-state index contributed by atoms with van der Waals surface area (Å²) in [6, 6.07) is 4.83. The number of primary amides is 1. The number of carbonyl (C=O) groups excluding carboxylic acids is 2. The van der Waals surface area contributed by atoms with E-state index in [9.17, 15) is 14.0 Å². The van der Waals surface area contributed by atoms with Crippen LogP contribution in [0.3, 0.4) is 0 Å². The van der Waals surface area contributed by atoms with Gasteiger partial charge in [-0.1, -0.05) is 0 Å². The van der Waals surface area contributed by atoms with Gasteiger partial charge in [-0.3, -0.25) is 14.5 Å². The molecule has 0 saturated carbocycles. The van der Waals surface area contributed by atoms with Gasteiger partial charge in [0, 0.05) is 5.56 Å². The van der Waals surface area contributed by atoms with Crippen LogP contribution in [-0.2, 0) is 4.79 Å². The number of hydrogen-bond acceptors (Lipinski definition) is 3. The topological polar surface area (TPSA) is 63.4 Å². The molecule has 0 aliphatic rings. The number of Topliss-reactive ketones (excluding diaryl/α,β-unsaturated/α-hetero) is 1.